The van der Waals surface area contributed by atoms with Gasteiger partial charge in [-0.05, 0) is 35.2 Å². The Morgan fingerprint density at radius 2 is 2.35 bits per heavy atom. The second-order valence-corrected chi connectivity index (χ2v) is 6.70. The summed E-state index contributed by atoms with van der Waals surface area (Å²) in [6.07, 6.45) is 2.11. The van der Waals surface area contributed by atoms with Crippen LogP contribution in [-0.4, -0.2) is 54.1 Å². The molecule has 0 aromatic carbocycles. The van der Waals surface area contributed by atoms with Crippen molar-refractivity contribution in [3.63, 3.8) is 0 Å². The van der Waals surface area contributed by atoms with Crippen LogP contribution in [0.1, 0.15) is 25.3 Å². The Hall–Kier alpha value is -0.910. The summed E-state index contributed by atoms with van der Waals surface area (Å²) in [6, 6.07) is 2.19. The minimum atomic E-state index is -0.141. The first-order chi connectivity index (χ1) is 9.67. The van der Waals surface area contributed by atoms with Gasteiger partial charge in [-0.15, -0.1) is 0 Å². The van der Waals surface area contributed by atoms with Gasteiger partial charge in [-0.25, -0.2) is 0 Å². The number of piperidine rings is 1. The lowest BCUT2D eigenvalue weighted by atomic mass is 9.90. The van der Waals surface area contributed by atoms with E-state index in [1.807, 2.05) is 4.90 Å². The molecule has 0 saturated carbocycles. The molecule has 2 aliphatic heterocycles. The maximum atomic E-state index is 11.6. The molecule has 4 nitrogen and oxygen atoms in total. The molecule has 1 amide bonds. The zero-order valence-corrected chi connectivity index (χ0v) is 12.8. The number of likely N-dealkylation sites (tertiary alicyclic amines) is 1. The van der Waals surface area contributed by atoms with Crippen molar-refractivity contribution in [1.82, 2.24) is 9.80 Å². The molecular weight excluding hydrogens is 272 g/mol. The smallest absolute Gasteiger partial charge is 0.219 e. The standard InChI is InChI=1S/C15H22N2O2S/c1-13(18)17-5-2-4-15(12-17)11-16(6-7-19-15)9-14-3-8-20-10-14/h3,8,10H,2,4-7,9,11-12H2,1H3/t15-/m1/s1. The van der Waals surface area contributed by atoms with Crippen molar-refractivity contribution in [2.24, 2.45) is 0 Å². The van der Waals surface area contributed by atoms with Gasteiger partial charge in [-0.1, -0.05) is 0 Å². The number of hydrogen-bond donors (Lipinski definition) is 0. The molecule has 3 heterocycles. The molecule has 0 bridgehead atoms. The van der Waals surface area contributed by atoms with Crippen LogP contribution in [-0.2, 0) is 16.1 Å². The minimum Gasteiger partial charge on any atom is -0.370 e. The van der Waals surface area contributed by atoms with Gasteiger partial charge in [0.15, 0.2) is 0 Å². The molecule has 110 valence electrons. The van der Waals surface area contributed by atoms with Gasteiger partial charge >= 0.3 is 0 Å². The lowest BCUT2D eigenvalue weighted by Gasteiger charge is -2.48. The molecule has 0 unspecified atom stereocenters. The topological polar surface area (TPSA) is 32.8 Å². The van der Waals surface area contributed by atoms with E-state index in [4.69, 9.17) is 4.74 Å². The Morgan fingerprint density at radius 3 is 3.10 bits per heavy atom. The Kier molecular flexibility index (Phi) is 4.10. The summed E-state index contributed by atoms with van der Waals surface area (Å²) < 4.78 is 6.10. The molecule has 0 radical (unpaired) electrons. The summed E-state index contributed by atoms with van der Waals surface area (Å²) in [6.45, 7) is 6.98. The largest absolute Gasteiger partial charge is 0.370 e. The van der Waals surface area contributed by atoms with Crippen molar-refractivity contribution in [3.8, 4) is 0 Å². The molecule has 5 heteroatoms. The van der Waals surface area contributed by atoms with Crippen LogP contribution in [0.5, 0.6) is 0 Å². The second kappa shape index (κ2) is 5.84. The normalized spacial score (nSPS) is 27.9. The fourth-order valence-corrected chi connectivity index (χ4v) is 3.97. The maximum Gasteiger partial charge on any atom is 0.219 e. The molecule has 0 N–H and O–H groups in total. The van der Waals surface area contributed by atoms with Crippen molar-refractivity contribution in [3.05, 3.63) is 22.4 Å². The van der Waals surface area contributed by atoms with Crippen LogP contribution in [0, 0.1) is 0 Å². The highest BCUT2D eigenvalue weighted by Crippen LogP contribution is 2.29. The van der Waals surface area contributed by atoms with E-state index in [9.17, 15) is 4.79 Å². The Bertz CT molecular complexity index is 458. The van der Waals surface area contributed by atoms with Gasteiger partial charge in [0.2, 0.25) is 5.91 Å². The molecule has 1 atom stereocenters. The molecule has 20 heavy (non-hydrogen) atoms. The van der Waals surface area contributed by atoms with Crippen molar-refractivity contribution >= 4 is 17.2 Å². The third-order valence-electron chi connectivity index (χ3n) is 4.30. The van der Waals surface area contributed by atoms with E-state index < -0.39 is 0 Å². The SMILES string of the molecule is CC(=O)N1CCC[C@@]2(CN(Cc3ccsc3)CCO2)C1. The summed E-state index contributed by atoms with van der Waals surface area (Å²) in [7, 11) is 0. The fraction of sp³-hybridized carbons (Fsp3) is 0.667. The number of amides is 1. The van der Waals surface area contributed by atoms with Crippen LogP contribution >= 0.6 is 11.3 Å². The van der Waals surface area contributed by atoms with Crippen LogP contribution in [0.15, 0.2) is 16.8 Å². The molecule has 3 rings (SSSR count). The molecule has 1 aromatic rings. The van der Waals surface area contributed by atoms with Crippen LogP contribution in [0.3, 0.4) is 0 Å². The first kappa shape index (κ1) is 14.0. The number of carbonyl (C=O) groups is 1. The highest BCUT2D eigenvalue weighted by Gasteiger charge is 2.41. The predicted octanol–water partition coefficient (Wildman–Crippen LogP) is 1.96. The zero-order valence-electron chi connectivity index (χ0n) is 12.0. The van der Waals surface area contributed by atoms with E-state index in [-0.39, 0.29) is 11.5 Å². The van der Waals surface area contributed by atoms with E-state index in [1.54, 1.807) is 18.3 Å². The van der Waals surface area contributed by atoms with Gasteiger partial charge < -0.3 is 9.64 Å². The number of hydrogen-bond acceptors (Lipinski definition) is 4. The van der Waals surface area contributed by atoms with E-state index in [2.05, 4.69) is 21.7 Å². The Labute approximate surface area is 124 Å². The zero-order chi connectivity index (χ0) is 14.0. The molecule has 2 saturated heterocycles. The summed E-state index contributed by atoms with van der Waals surface area (Å²) in [5.41, 5.74) is 1.24. The van der Waals surface area contributed by atoms with Gasteiger partial charge in [-0.3, -0.25) is 9.69 Å². The highest BCUT2D eigenvalue weighted by atomic mass is 32.1. The van der Waals surface area contributed by atoms with Crippen LogP contribution in [0.4, 0.5) is 0 Å². The van der Waals surface area contributed by atoms with Gasteiger partial charge in [0.1, 0.15) is 0 Å². The van der Waals surface area contributed by atoms with E-state index >= 15 is 0 Å². The van der Waals surface area contributed by atoms with Crippen LogP contribution in [0.2, 0.25) is 0 Å². The van der Waals surface area contributed by atoms with Crippen molar-refractivity contribution in [1.29, 1.82) is 0 Å². The number of nitrogens with zero attached hydrogens (tertiary/aromatic N) is 2. The van der Waals surface area contributed by atoms with E-state index in [1.165, 1.54) is 5.56 Å². The summed E-state index contributed by atoms with van der Waals surface area (Å²) in [4.78, 5) is 16.0. The first-order valence-corrected chi connectivity index (χ1v) is 8.24. The molecule has 1 aromatic heterocycles. The van der Waals surface area contributed by atoms with Crippen molar-refractivity contribution < 1.29 is 9.53 Å². The first-order valence-electron chi connectivity index (χ1n) is 7.30. The lowest BCUT2D eigenvalue weighted by molar-refractivity contribution is -0.156. The third kappa shape index (κ3) is 3.05. The van der Waals surface area contributed by atoms with Gasteiger partial charge in [0.25, 0.3) is 0 Å². The predicted molar refractivity (Wildman–Crippen MR) is 79.8 cm³/mol. The molecule has 2 fully saturated rings. The number of morpholine rings is 1. The monoisotopic (exact) mass is 294 g/mol. The Balaban J connectivity index is 1.65. The van der Waals surface area contributed by atoms with Crippen molar-refractivity contribution in [2.45, 2.75) is 31.9 Å². The van der Waals surface area contributed by atoms with Crippen LogP contribution < -0.4 is 0 Å². The lowest BCUT2D eigenvalue weighted by Crippen LogP contribution is -2.60. The Morgan fingerprint density at radius 1 is 1.45 bits per heavy atom. The number of ether oxygens (including phenoxy) is 1. The highest BCUT2D eigenvalue weighted by molar-refractivity contribution is 7.07. The second-order valence-electron chi connectivity index (χ2n) is 5.92. The summed E-state index contributed by atoms with van der Waals surface area (Å²) >= 11 is 1.75. The van der Waals surface area contributed by atoms with E-state index in [0.717, 1.165) is 52.2 Å². The average molecular weight is 294 g/mol. The third-order valence-corrected chi connectivity index (χ3v) is 5.03. The number of thiophene rings is 1. The van der Waals surface area contributed by atoms with Crippen LogP contribution in [0.25, 0.3) is 0 Å². The van der Waals surface area contributed by atoms with Gasteiger partial charge in [-0.2, -0.15) is 11.3 Å². The van der Waals surface area contributed by atoms with Crippen molar-refractivity contribution in [2.75, 3.05) is 32.8 Å². The average Bonchev–Trinajstić information content (AvgIpc) is 2.92. The fourth-order valence-electron chi connectivity index (χ4n) is 3.31. The summed E-state index contributed by atoms with van der Waals surface area (Å²) in [5, 5.41) is 4.34. The minimum absolute atomic E-state index is 0.141. The maximum absolute atomic E-state index is 11.6. The molecule has 1 spiro atoms. The molecule has 0 aliphatic carbocycles. The van der Waals surface area contributed by atoms with Gasteiger partial charge in [0.05, 0.1) is 18.8 Å². The quantitative estimate of drug-likeness (QED) is 0.836. The summed E-state index contributed by atoms with van der Waals surface area (Å²) in [5.74, 6) is 0.169. The molecular formula is C15H22N2O2S. The number of carbonyl (C=O) groups excluding carboxylic acids is 1. The molecule has 2 aliphatic rings. The van der Waals surface area contributed by atoms with Gasteiger partial charge in [0, 0.05) is 33.1 Å². The van der Waals surface area contributed by atoms with E-state index in [0.29, 0.717) is 0 Å². The number of rotatable bonds is 2.